The van der Waals surface area contributed by atoms with E-state index in [2.05, 4.69) is 15.3 Å². The molecular formula is C24H32N4O2S. The van der Waals surface area contributed by atoms with Crippen molar-refractivity contribution in [3.8, 4) is 0 Å². The van der Waals surface area contributed by atoms with Crippen LogP contribution in [0.3, 0.4) is 0 Å². The van der Waals surface area contributed by atoms with Gasteiger partial charge in [0.25, 0.3) is 5.56 Å². The average molecular weight is 441 g/mol. The number of aryl methyl sites for hydroxylation is 1. The van der Waals surface area contributed by atoms with E-state index < -0.39 is 6.04 Å². The molecular weight excluding hydrogens is 408 g/mol. The van der Waals surface area contributed by atoms with Crippen molar-refractivity contribution >= 4 is 37.4 Å². The van der Waals surface area contributed by atoms with E-state index in [1.807, 2.05) is 38.1 Å². The molecule has 1 N–H and O–H groups in total. The van der Waals surface area contributed by atoms with E-state index in [0.29, 0.717) is 18.4 Å². The Kier molecular flexibility index (Phi) is 7.02. The van der Waals surface area contributed by atoms with Crippen LogP contribution in [0.5, 0.6) is 0 Å². The van der Waals surface area contributed by atoms with E-state index in [1.54, 1.807) is 11.3 Å². The number of carbonyl (C=O) groups excluding carboxylic acids is 1. The number of nitrogens with zero attached hydrogens (tertiary/aromatic N) is 3. The molecule has 0 unspecified atom stereocenters. The molecule has 1 aromatic carbocycles. The van der Waals surface area contributed by atoms with Crippen molar-refractivity contribution in [1.29, 1.82) is 0 Å². The number of nitrogens with one attached hydrogen (secondary N) is 1. The summed E-state index contributed by atoms with van der Waals surface area (Å²) in [4.78, 5) is 28.8. The van der Waals surface area contributed by atoms with Gasteiger partial charge in [0, 0.05) is 16.6 Å². The number of thiophene rings is 1. The summed E-state index contributed by atoms with van der Waals surface area (Å²) in [6, 6.07) is 7.34. The predicted octanol–water partition coefficient (Wildman–Crippen LogP) is 4.25. The van der Waals surface area contributed by atoms with Gasteiger partial charge in [0.05, 0.1) is 15.8 Å². The number of carbonyl (C=O) groups is 1. The highest BCUT2D eigenvalue weighted by molar-refractivity contribution is 7.26. The summed E-state index contributed by atoms with van der Waals surface area (Å²) in [6.45, 7) is 7.82. The molecule has 1 fully saturated rings. The number of hydrogen-bond acceptors (Lipinski definition) is 5. The van der Waals surface area contributed by atoms with Crippen LogP contribution in [0.15, 0.2) is 29.1 Å². The van der Waals surface area contributed by atoms with Crippen LogP contribution in [0.4, 0.5) is 0 Å². The molecule has 0 aliphatic carbocycles. The summed E-state index contributed by atoms with van der Waals surface area (Å²) >= 11 is 1.59. The lowest BCUT2D eigenvalue weighted by Gasteiger charge is -2.21. The second-order valence-corrected chi connectivity index (χ2v) is 9.51. The van der Waals surface area contributed by atoms with Crippen LogP contribution in [0.25, 0.3) is 20.2 Å². The molecule has 1 aliphatic rings. The highest BCUT2D eigenvalue weighted by Crippen LogP contribution is 2.33. The van der Waals surface area contributed by atoms with E-state index in [9.17, 15) is 9.59 Å². The van der Waals surface area contributed by atoms with E-state index in [0.717, 1.165) is 33.4 Å². The van der Waals surface area contributed by atoms with Crippen LogP contribution in [0.2, 0.25) is 0 Å². The van der Waals surface area contributed by atoms with Crippen LogP contribution >= 0.6 is 11.3 Å². The van der Waals surface area contributed by atoms with Crippen LogP contribution in [-0.2, 0) is 4.79 Å². The summed E-state index contributed by atoms with van der Waals surface area (Å²) in [5.74, 6) is -0.119. The Hall–Kier alpha value is -2.25. The fourth-order valence-electron chi connectivity index (χ4n) is 4.55. The quantitative estimate of drug-likeness (QED) is 0.558. The van der Waals surface area contributed by atoms with Gasteiger partial charge in [-0.25, -0.2) is 4.68 Å². The molecule has 0 spiro atoms. The molecule has 7 heteroatoms. The third-order valence-electron chi connectivity index (χ3n) is 6.24. The first-order valence-electron chi connectivity index (χ1n) is 11.5. The Balaban J connectivity index is 1.49. The fourth-order valence-corrected chi connectivity index (χ4v) is 5.69. The first-order chi connectivity index (χ1) is 15.1. The van der Waals surface area contributed by atoms with Crippen LogP contribution in [0.1, 0.15) is 57.2 Å². The molecule has 166 valence electrons. The van der Waals surface area contributed by atoms with Gasteiger partial charge in [0.15, 0.2) is 0 Å². The number of likely N-dealkylation sites (tertiary alicyclic amines) is 1. The third kappa shape index (κ3) is 4.67. The van der Waals surface area contributed by atoms with Crippen molar-refractivity contribution in [1.82, 2.24) is 20.0 Å². The number of fused-ring (bicyclic) bond motifs is 3. The minimum absolute atomic E-state index is 0.119. The normalized spacial score (nSPS) is 16.5. The maximum atomic E-state index is 13.4. The second kappa shape index (κ2) is 9.92. The van der Waals surface area contributed by atoms with Crippen molar-refractivity contribution in [2.45, 2.75) is 58.4 Å². The lowest BCUT2D eigenvalue weighted by molar-refractivity contribution is -0.124. The summed E-state index contributed by atoms with van der Waals surface area (Å²) in [6.07, 6.45) is 6.66. The van der Waals surface area contributed by atoms with Crippen molar-refractivity contribution in [2.75, 3.05) is 26.2 Å². The van der Waals surface area contributed by atoms with Gasteiger partial charge < -0.3 is 10.2 Å². The maximum absolute atomic E-state index is 13.4. The lowest BCUT2D eigenvalue weighted by Crippen LogP contribution is -2.39. The van der Waals surface area contributed by atoms with E-state index in [4.69, 9.17) is 0 Å². The SMILES string of the molecule is CC[C@@H](C(=O)NCCCN1CCCCCC1)n1nc(C)c2sc3ccccc3c2c1=O. The number of rotatable bonds is 7. The Morgan fingerprint density at radius 3 is 2.68 bits per heavy atom. The third-order valence-corrected chi connectivity index (χ3v) is 7.52. The molecule has 1 aliphatic heterocycles. The van der Waals surface area contributed by atoms with Gasteiger partial charge in [-0.15, -0.1) is 11.3 Å². The van der Waals surface area contributed by atoms with Gasteiger partial charge in [-0.2, -0.15) is 5.10 Å². The van der Waals surface area contributed by atoms with E-state index >= 15 is 0 Å². The highest BCUT2D eigenvalue weighted by atomic mass is 32.1. The molecule has 0 radical (unpaired) electrons. The number of amides is 1. The van der Waals surface area contributed by atoms with Gasteiger partial charge in [-0.1, -0.05) is 38.0 Å². The Bertz CT molecular complexity index is 1110. The van der Waals surface area contributed by atoms with Crippen LogP contribution in [0, 0.1) is 6.92 Å². The summed E-state index contributed by atoms with van der Waals surface area (Å²) in [7, 11) is 0. The monoisotopic (exact) mass is 440 g/mol. The van der Waals surface area contributed by atoms with Crippen molar-refractivity contribution in [3.63, 3.8) is 0 Å². The fraction of sp³-hybridized carbons (Fsp3) is 0.542. The zero-order valence-electron chi connectivity index (χ0n) is 18.5. The summed E-state index contributed by atoms with van der Waals surface area (Å²) in [5.41, 5.74) is 0.618. The van der Waals surface area contributed by atoms with Gasteiger partial charge in [-0.3, -0.25) is 9.59 Å². The van der Waals surface area contributed by atoms with Crippen molar-refractivity contribution in [2.24, 2.45) is 0 Å². The van der Waals surface area contributed by atoms with E-state index in [1.165, 1.54) is 43.5 Å². The number of aromatic nitrogens is 2. The highest BCUT2D eigenvalue weighted by Gasteiger charge is 2.24. The smallest absolute Gasteiger partial charge is 0.276 e. The topological polar surface area (TPSA) is 67.2 Å². The van der Waals surface area contributed by atoms with Crippen molar-refractivity contribution in [3.05, 3.63) is 40.3 Å². The number of hydrogen-bond donors (Lipinski definition) is 1. The molecule has 3 aromatic rings. The summed E-state index contributed by atoms with van der Waals surface area (Å²) < 4.78 is 3.39. The molecule has 6 nitrogen and oxygen atoms in total. The van der Waals surface area contributed by atoms with Gasteiger partial charge >= 0.3 is 0 Å². The molecule has 4 rings (SSSR count). The molecule has 0 bridgehead atoms. The predicted molar refractivity (Wildman–Crippen MR) is 128 cm³/mol. The maximum Gasteiger partial charge on any atom is 0.276 e. The van der Waals surface area contributed by atoms with Crippen LogP contribution in [-0.4, -0.2) is 46.8 Å². The minimum atomic E-state index is -0.590. The van der Waals surface area contributed by atoms with Gasteiger partial charge in [-0.05, 0) is 58.3 Å². The van der Waals surface area contributed by atoms with Gasteiger partial charge in [0.2, 0.25) is 5.91 Å². The first-order valence-corrected chi connectivity index (χ1v) is 12.3. The van der Waals surface area contributed by atoms with Crippen LogP contribution < -0.4 is 10.9 Å². The summed E-state index contributed by atoms with van der Waals surface area (Å²) in [5, 5.41) is 9.22. The molecule has 1 amide bonds. The first kappa shape index (κ1) is 22.0. The Labute approximate surface area is 187 Å². The lowest BCUT2D eigenvalue weighted by atomic mass is 10.1. The van der Waals surface area contributed by atoms with Crippen molar-refractivity contribution < 1.29 is 4.79 Å². The molecule has 2 aromatic heterocycles. The zero-order valence-corrected chi connectivity index (χ0v) is 19.3. The Morgan fingerprint density at radius 1 is 1.19 bits per heavy atom. The Morgan fingerprint density at radius 2 is 1.94 bits per heavy atom. The standard InChI is InChI=1S/C24H32N4O2S/c1-3-19(23(29)25-13-10-16-27-14-8-4-5-9-15-27)28-24(30)21-18-11-6-7-12-20(18)31-22(21)17(2)26-28/h6-7,11-12,19H,3-5,8-10,13-16H2,1-2H3,(H,25,29)/t19-/m0/s1. The largest absolute Gasteiger partial charge is 0.354 e. The molecule has 0 saturated carbocycles. The van der Waals surface area contributed by atoms with Gasteiger partial charge in [0.1, 0.15) is 6.04 Å². The second-order valence-electron chi connectivity index (χ2n) is 8.46. The average Bonchev–Trinajstić information content (AvgIpc) is 2.98. The molecule has 3 heterocycles. The molecule has 1 atom stereocenters. The zero-order chi connectivity index (χ0) is 21.8. The number of benzene rings is 1. The molecule has 1 saturated heterocycles. The van der Waals surface area contributed by atoms with E-state index in [-0.39, 0.29) is 11.5 Å². The molecule has 31 heavy (non-hydrogen) atoms. The minimum Gasteiger partial charge on any atom is -0.354 e.